The van der Waals surface area contributed by atoms with E-state index in [-0.39, 0.29) is 23.1 Å². The molecule has 0 bridgehead atoms. The van der Waals surface area contributed by atoms with Gasteiger partial charge in [0.15, 0.2) is 69.1 Å². The van der Waals surface area contributed by atoms with Crippen LogP contribution in [0.3, 0.4) is 0 Å². The van der Waals surface area contributed by atoms with Gasteiger partial charge in [0.2, 0.25) is 0 Å². The Morgan fingerprint density at radius 1 is 0.271 bits per heavy atom. The van der Waals surface area contributed by atoms with Crippen molar-refractivity contribution in [2.24, 2.45) is 0 Å². The van der Waals surface area contributed by atoms with E-state index in [9.17, 15) is 19.2 Å². The number of nitrogens with zero attached hydrogens (tertiary/aromatic N) is 4. The Kier molecular flexibility index (Phi) is 27.8. The van der Waals surface area contributed by atoms with Gasteiger partial charge < -0.3 is 47.7 Å². The molecule has 0 spiro atoms. The Balaban J connectivity index is 0.000000133. The summed E-state index contributed by atoms with van der Waals surface area (Å²) < 4.78 is 48.3. The molecule has 107 heavy (non-hydrogen) atoms. The highest BCUT2D eigenvalue weighted by Crippen LogP contribution is 2.50. The number of fused-ring (bicyclic) bond motifs is 12. The van der Waals surface area contributed by atoms with E-state index in [4.69, 9.17) is 37.9 Å². The largest absolute Gasteiger partial charge is 0.490 e. The molecule has 16 heteroatoms. The summed E-state index contributed by atoms with van der Waals surface area (Å²) in [5, 5.41) is 0. The fraction of sp³-hybridized carbons (Fsp3) is 0.429. The van der Waals surface area contributed by atoms with Gasteiger partial charge in [-0.15, -0.1) is 0 Å². The molecule has 0 atom stereocenters. The molecule has 0 amide bonds. The Bertz CT molecular complexity index is 4230. The third-order valence-electron chi connectivity index (χ3n) is 20.9. The molecule has 3 fully saturated rings. The highest BCUT2D eigenvalue weighted by molar-refractivity contribution is 6.26. The van der Waals surface area contributed by atoms with Crippen LogP contribution in [-0.4, -0.2) is 174 Å². The molecule has 3 aliphatic heterocycles. The number of piperidine rings is 1. The Morgan fingerprint density at radius 2 is 0.533 bits per heavy atom. The minimum atomic E-state index is 0.0290. The quantitative estimate of drug-likeness (QED) is 0.0367. The van der Waals surface area contributed by atoms with E-state index in [1.165, 1.54) is 58.0 Å². The number of carbonyl (C=O) groups is 4. The normalized spacial score (nSPS) is 14.9. The van der Waals surface area contributed by atoms with Gasteiger partial charge in [-0.3, -0.25) is 29.0 Å². The zero-order valence-corrected chi connectivity index (χ0v) is 63.9. The van der Waals surface area contributed by atoms with Crippen LogP contribution in [0, 0.1) is 0 Å². The Morgan fingerprint density at radius 3 is 0.822 bits per heavy atom. The first-order valence-electron chi connectivity index (χ1n) is 39.7. The molecular formula is C91H108N4O12. The van der Waals surface area contributed by atoms with E-state index in [1.807, 2.05) is 146 Å². The van der Waals surface area contributed by atoms with Gasteiger partial charge in [-0.05, 0) is 222 Å². The highest BCUT2D eigenvalue weighted by Gasteiger charge is 2.37. The average molecular weight is 1450 g/mol. The lowest BCUT2D eigenvalue weighted by Gasteiger charge is -2.26. The van der Waals surface area contributed by atoms with Gasteiger partial charge in [-0.2, -0.15) is 0 Å². The predicted molar refractivity (Wildman–Crippen MR) is 425 cm³/mol. The SMILES string of the molecule is CCCOc1ccc2c(c1OCCCN(CC)CC)C(=O)c1ccccc1-2.CCCOc1ccc2c(c1OCCCN1CCCC1)C(=O)c1ccccc1-2.CCCOc1ccc2c(c1OCCN1CCCC1)C(=O)c1ccccc1-2.CCCOc1ccc2c(c1OCCN1CCCCC1)C(=O)c1ccccc1-2. The number of ether oxygens (including phenoxy) is 8. The summed E-state index contributed by atoms with van der Waals surface area (Å²) in [4.78, 5) is 61.8. The maximum atomic E-state index is 13.1. The van der Waals surface area contributed by atoms with Crippen molar-refractivity contribution < 1.29 is 57.1 Å². The number of hydrogen-bond donors (Lipinski definition) is 0. The second-order valence-corrected chi connectivity index (χ2v) is 28.3. The van der Waals surface area contributed by atoms with Gasteiger partial charge in [-0.25, -0.2) is 0 Å². The van der Waals surface area contributed by atoms with E-state index < -0.39 is 0 Å². The molecule has 0 saturated carbocycles. The lowest BCUT2D eigenvalue weighted by Crippen LogP contribution is -2.33. The van der Waals surface area contributed by atoms with Gasteiger partial charge in [0.1, 0.15) is 13.2 Å². The van der Waals surface area contributed by atoms with Crippen LogP contribution < -0.4 is 37.9 Å². The first-order chi connectivity index (χ1) is 52.6. The molecule has 0 radical (unpaired) electrons. The molecule has 564 valence electrons. The van der Waals surface area contributed by atoms with Crippen LogP contribution in [-0.2, 0) is 0 Å². The van der Waals surface area contributed by atoms with E-state index in [0.717, 1.165) is 171 Å². The van der Waals surface area contributed by atoms with Gasteiger partial charge in [0.05, 0.1) is 61.9 Å². The summed E-state index contributed by atoms with van der Waals surface area (Å²) in [5.74, 6) is 5.27. The van der Waals surface area contributed by atoms with Gasteiger partial charge in [0, 0.05) is 48.4 Å². The zero-order chi connectivity index (χ0) is 74.4. The summed E-state index contributed by atoms with van der Waals surface area (Å²) in [6.07, 6.45) is 14.5. The third kappa shape index (κ3) is 18.1. The monoisotopic (exact) mass is 1450 g/mol. The first kappa shape index (κ1) is 77.3. The van der Waals surface area contributed by atoms with Crippen molar-refractivity contribution in [2.45, 2.75) is 125 Å². The summed E-state index contributed by atoms with van der Waals surface area (Å²) in [6, 6.07) is 46.8. The predicted octanol–water partition coefficient (Wildman–Crippen LogP) is 18.1. The molecule has 7 aliphatic rings. The van der Waals surface area contributed by atoms with E-state index in [0.29, 0.717) is 121 Å². The molecule has 3 saturated heterocycles. The number of carbonyl (C=O) groups excluding carboxylic acids is 4. The standard InChI is InChI=1S/2C23H27NO3.C23H29NO3.C22H25NO3/c1-2-15-26-20-11-10-18-17-8-4-5-9-19(17)22(25)21(18)23(20)27-16-14-24-12-6-3-7-13-24;1-2-15-26-20-11-10-18-17-8-3-4-9-19(17)22(25)21(18)23(20)27-16-7-14-24-12-5-6-13-24;1-4-15-26-20-13-12-18-17-10-7-8-11-19(17)22(25)21(18)23(20)27-16-9-14-24(5-2)6-3;1-2-14-25-19-10-9-17-16-7-3-4-8-18(16)21(24)20(17)22(19)26-15-13-23-11-5-6-12-23/h4-5,8-11H,2-3,6-7,12-16H2,1H3;3-4,8-11H,2,5-7,12-16H2,1H3;7-8,10-13H,4-6,9,14-16H2,1-3H3;3-4,7-10H,2,5-6,11-15H2,1H3. The van der Waals surface area contributed by atoms with Crippen LogP contribution in [0.4, 0.5) is 0 Å². The van der Waals surface area contributed by atoms with Crippen molar-refractivity contribution in [1.82, 2.24) is 19.6 Å². The molecular weight excluding hydrogens is 1340 g/mol. The molecule has 4 aliphatic carbocycles. The van der Waals surface area contributed by atoms with Gasteiger partial charge >= 0.3 is 0 Å². The molecule has 8 aromatic carbocycles. The topological polar surface area (TPSA) is 155 Å². The van der Waals surface area contributed by atoms with Crippen LogP contribution in [0.25, 0.3) is 44.5 Å². The molecule has 15 rings (SSSR count). The second kappa shape index (κ2) is 38.5. The Hall–Kier alpha value is -9.32. The van der Waals surface area contributed by atoms with Crippen LogP contribution in [0.15, 0.2) is 146 Å². The summed E-state index contributed by atoms with van der Waals surface area (Å²) in [7, 11) is 0. The number of likely N-dealkylation sites (tertiary alicyclic amines) is 3. The number of rotatable bonds is 32. The van der Waals surface area contributed by atoms with Gasteiger partial charge in [0.25, 0.3) is 0 Å². The molecule has 3 heterocycles. The van der Waals surface area contributed by atoms with E-state index in [1.54, 1.807) is 0 Å². The van der Waals surface area contributed by atoms with Crippen molar-refractivity contribution >= 4 is 23.1 Å². The average Bonchev–Trinajstić information content (AvgIpc) is 1.63. The molecule has 16 nitrogen and oxygen atoms in total. The Labute approximate surface area is 633 Å². The number of hydrogen-bond acceptors (Lipinski definition) is 16. The fourth-order valence-corrected chi connectivity index (χ4v) is 15.3. The molecule has 8 aromatic rings. The lowest BCUT2D eigenvalue weighted by atomic mass is 10.0. The van der Waals surface area contributed by atoms with Crippen LogP contribution in [0.5, 0.6) is 46.0 Å². The fourth-order valence-electron chi connectivity index (χ4n) is 15.3. The third-order valence-corrected chi connectivity index (χ3v) is 20.9. The number of ketones is 4. The lowest BCUT2D eigenvalue weighted by molar-refractivity contribution is 0.102. The van der Waals surface area contributed by atoms with Crippen LogP contribution in [0.2, 0.25) is 0 Å². The van der Waals surface area contributed by atoms with Crippen molar-refractivity contribution in [3.8, 4) is 90.5 Å². The smallest absolute Gasteiger partial charge is 0.198 e. The van der Waals surface area contributed by atoms with Crippen molar-refractivity contribution in [3.63, 3.8) is 0 Å². The zero-order valence-electron chi connectivity index (χ0n) is 63.9. The van der Waals surface area contributed by atoms with E-state index >= 15 is 0 Å². The molecule has 0 aromatic heterocycles. The summed E-state index contributed by atoms with van der Waals surface area (Å²) in [5.41, 5.74) is 13.3. The minimum absolute atomic E-state index is 0.0290. The van der Waals surface area contributed by atoms with Crippen LogP contribution >= 0.6 is 0 Å². The first-order valence-corrected chi connectivity index (χ1v) is 39.7. The minimum Gasteiger partial charge on any atom is -0.490 e. The van der Waals surface area contributed by atoms with Crippen molar-refractivity contribution in [1.29, 1.82) is 0 Å². The van der Waals surface area contributed by atoms with Crippen LogP contribution in [0.1, 0.15) is 189 Å². The summed E-state index contributed by atoms with van der Waals surface area (Å²) >= 11 is 0. The molecule has 0 N–H and O–H groups in total. The number of benzene rings is 8. The van der Waals surface area contributed by atoms with Gasteiger partial charge in [-0.1, -0.05) is 145 Å². The molecule has 0 unspecified atom stereocenters. The van der Waals surface area contributed by atoms with Crippen molar-refractivity contribution in [2.75, 3.05) is 131 Å². The van der Waals surface area contributed by atoms with Crippen molar-refractivity contribution in [3.05, 3.63) is 190 Å². The van der Waals surface area contributed by atoms with E-state index in [2.05, 4.69) is 61.1 Å². The maximum absolute atomic E-state index is 13.1. The maximum Gasteiger partial charge on any atom is 0.198 e. The second-order valence-electron chi connectivity index (χ2n) is 28.3. The summed E-state index contributed by atoms with van der Waals surface area (Å²) in [6.45, 7) is 30.2. The highest BCUT2D eigenvalue weighted by atomic mass is 16.5.